The second kappa shape index (κ2) is 6.27. The van der Waals surface area contributed by atoms with Gasteiger partial charge in [0.1, 0.15) is 11.4 Å². The molecule has 22 heavy (non-hydrogen) atoms. The molecule has 0 amide bonds. The van der Waals surface area contributed by atoms with Gasteiger partial charge in [-0.15, -0.1) is 0 Å². The van der Waals surface area contributed by atoms with Gasteiger partial charge in [-0.05, 0) is 36.8 Å². The van der Waals surface area contributed by atoms with E-state index in [2.05, 4.69) is 16.9 Å². The summed E-state index contributed by atoms with van der Waals surface area (Å²) < 4.78 is 1.61. The highest BCUT2D eigenvalue weighted by Crippen LogP contribution is 2.22. The quantitative estimate of drug-likeness (QED) is 0.430. The second-order valence-corrected chi connectivity index (χ2v) is 6.06. The number of phenols is 1. The average Bonchev–Trinajstić information content (AvgIpc) is 2.98. The fourth-order valence-corrected chi connectivity index (χ4v) is 3.30. The Balaban J connectivity index is 2.15. The maximum Gasteiger partial charge on any atom is 0.268 e. The van der Waals surface area contributed by atoms with Crippen molar-refractivity contribution in [3.8, 4) is 11.4 Å². The van der Waals surface area contributed by atoms with Crippen LogP contribution in [0.5, 0.6) is 5.75 Å². The second-order valence-electron chi connectivity index (χ2n) is 4.99. The number of fused-ring (bicyclic) bond motifs is 1. The van der Waals surface area contributed by atoms with Crippen molar-refractivity contribution in [2.45, 2.75) is 24.9 Å². The van der Waals surface area contributed by atoms with Crippen molar-refractivity contribution in [1.82, 2.24) is 14.5 Å². The molecule has 0 fully saturated rings. The molecule has 5 nitrogen and oxygen atoms in total. The zero-order valence-corrected chi connectivity index (χ0v) is 13.1. The fourth-order valence-electron chi connectivity index (χ4n) is 2.21. The third kappa shape index (κ3) is 2.74. The van der Waals surface area contributed by atoms with E-state index in [1.165, 1.54) is 0 Å². The number of rotatable bonds is 5. The Kier molecular flexibility index (Phi) is 4.20. The predicted molar refractivity (Wildman–Crippen MR) is 89.0 cm³/mol. The Morgan fingerprint density at radius 3 is 2.77 bits per heavy atom. The topological polar surface area (TPSA) is 70.9 Å². The van der Waals surface area contributed by atoms with Crippen molar-refractivity contribution in [2.75, 3.05) is 5.75 Å². The van der Waals surface area contributed by atoms with Crippen LogP contribution in [0.2, 0.25) is 0 Å². The number of nitrogens with one attached hydrogen (secondary N) is 1. The Hall–Kier alpha value is -2.21. The van der Waals surface area contributed by atoms with Gasteiger partial charge in [0, 0.05) is 11.9 Å². The van der Waals surface area contributed by atoms with Crippen LogP contribution in [0.25, 0.3) is 16.7 Å². The molecule has 1 aromatic carbocycles. The zero-order chi connectivity index (χ0) is 15.5. The first kappa shape index (κ1) is 14.7. The summed E-state index contributed by atoms with van der Waals surface area (Å²) >= 11 is 1.57. The summed E-state index contributed by atoms with van der Waals surface area (Å²) in [6.45, 7) is 2.13. The lowest BCUT2D eigenvalue weighted by atomic mass is 10.3. The van der Waals surface area contributed by atoms with Crippen LogP contribution in [0.4, 0.5) is 0 Å². The number of hydrogen-bond donors (Lipinski definition) is 2. The fraction of sp³-hybridized carbons (Fsp3) is 0.250. The number of H-pyrrole nitrogens is 1. The van der Waals surface area contributed by atoms with Crippen LogP contribution in [-0.4, -0.2) is 25.4 Å². The van der Waals surface area contributed by atoms with E-state index in [1.54, 1.807) is 52.9 Å². The van der Waals surface area contributed by atoms with Crippen molar-refractivity contribution in [3.63, 3.8) is 0 Å². The number of nitrogens with zero attached hydrogens (tertiary/aromatic N) is 2. The molecule has 0 unspecified atom stereocenters. The van der Waals surface area contributed by atoms with Crippen molar-refractivity contribution in [2.24, 2.45) is 0 Å². The Morgan fingerprint density at radius 2 is 2.05 bits per heavy atom. The van der Waals surface area contributed by atoms with Gasteiger partial charge in [-0.25, -0.2) is 4.98 Å². The molecule has 2 heterocycles. The van der Waals surface area contributed by atoms with Gasteiger partial charge in [0.25, 0.3) is 5.56 Å². The van der Waals surface area contributed by atoms with Crippen molar-refractivity contribution in [3.05, 3.63) is 46.9 Å². The van der Waals surface area contributed by atoms with Gasteiger partial charge in [0.05, 0.1) is 11.1 Å². The molecule has 114 valence electrons. The Labute approximate surface area is 132 Å². The van der Waals surface area contributed by atoms with E-state index in [0.717, 1.165) is 18.6 Å². The van der Waals surface area contributed by atoms with E-state index < -0.39 is 0 Å². The summed E-state index contributed by atoms with van der Waals surface area (Å²) in [6.07, 6.45) is 3.89. The molecule has 2 aromatic heterocycles. The number of phenolic OH excluding ortho intramolecular Hbond substituents is 1. The Morgan fingerprint density at radius 1 is 1.27 bits per heavy atom. The molecule has 0 saturated carbocycles. The third-order valence-corrected chi connectivity index (χ3v) is 4.42. The minimum Gasteiger partial charge on any atom is -0.508 e. The molecule has 0 aliphatic carbocycles. The first-order chi connectivity index (χ1) is 10.7. The zero-order valence-electron chi connectivity index (χ0n) is 12.2. The molecule has 0 saturated heterocycles. The average molecular weight is 315 g/mol. The number of hydrogen-bond acceptors (Lipinski definition) is 4. The highest BCUT2D eigenvalue weighted by atomic mass is 32.2. The lowest BCUT2D eigenvalue weighted by Crippen LogP contribution is -2.21. The van der Waals surface area contributed by atoms with Crippen molar-refractivity contribution >= 4 is 22.8 Å². The minimum atomic E-state index is -0.101. The van der Waals surface area contributed by atoms with E-state index in [1.807, 2.05) is 0 Å². The van der Waals surface area contributed by atoms with Crippen molar-refractivity contribution in [1.29, 1.82) is 0 Å². The van der Waals surface area contributed by atoms with E-state index >= 15 is 0 Å². The third-order valence-electron chi connectivity index (χ3n) is 3.39. The minimum absolute atomic E-state index is 0.101. The van der Waals surface area contributed by atoms with Crippen LogP contribution in [0.1, 0.15) is 19.8 Å². The number of aromatic nitrogens is 3. The highest BCUT2D eigenvalue weighted by Gasteiger charge is 2.13. The summed E-state index contributed by atoms with van der Waals surface area (Å²) in [6, 6.07) is 8.33. The SMILES string of the molecule is CCCCSc1nc2[nH]ccc2c(=O)n1-c1ccc(O)cc1. The summed E-state index contributed by atoms with van der Waals surface area (Å²) in [5, 5.41) is 10.7. The molecule has 0 radical (unpaired) electrons. The molecule has 0 atom stereocenters. The molecule has 0 aliphatic rings. The van der Waals surface area contributed by atoms with E-state index in [9.17, 15) is 9.90 Å². The number of thioether (sulfide) groups is 1. The highest BCUT2D eigenvalue weighted by molar-refractivity contribution is 7.99. The van der Waals surface area contributed by atoms with Gasteiger partial charge >= 0.3 is 0 Å². The molecule has 2 N–H and O–H groups in total. The maximum atomic E-state index is 12.8. The Bertz CT molecular complexity index is 837. The van der Waals surface area contributed by atoms with Gasteiger partial charge in [0.2, 0.25) is 0 Å². The lowest BCUT2D eigenvalue weighted by Gasteiger charge is -2.12. The van der Waals surface area contributed by atoms with Crippen molar-refractivity contribution < 1.29 is 5.11 Å². The van der Waals surface area contributed by atoms with Gasteiger partial charge in [-0.3, -0.25) is 9.36 Å². The van der Waals surface area contributed by atoms with Crippen LogP contribution in [0.15, 0.2) is 46.5 Å². The van der Waals surface area contributed by atoms with Gasteiger partial charge in [0.15, 0.2) is 5.16 Å². The molecule has 3 aromatic rings. The lowest BCUT2D eigenvalue weighted by molar-refractivity contribution is 0.475. The summed E-state index contributed by atoms with van der Waals surface area (Å²) in [4.78, 5) is 20.3. The maximum absolute atomic E-state index is 12.8. The molecule has 3 rings (SSSR count). The number of benzene rings is 1. The molecular weight excluding hydrogens is 298 g/mol. The first-order valence-electron chi connectivity index (χ1n) is 7.23. The van der Waals surface area contributed by atoms with Gasteiger partial charge < -0.3 is 10.1 Å². The summed E-state index contributed by atoms with van der Waals surface area (Å²) in [5.41, 5.74) is 1.22. The summed E-state index contributed by atoms with van der Waals surface area (Å²) in [7, 11) is 0. The van der Waals surface area contributed by atoms with Crippen LogP contribution >= 0.6 is 11.8 Å². The van der Waals surface area contributed by atoms with Crippen LogP contribution < -0.4 is 5.56 Å². The number of aromatic amines is 1. The van der Waals surface area contributed by atoms with E-state index in [0.29, 0.717) is 21.9 Å². The normalized spacial score (nSPS) is 11.1. The van der Waals surface area contributed by atoms with Crippen LogP contribution in [0.3, 0.4) is 0 Å². The van der Waals surface area contributed by atoms with E-state index in [4.69, 9.17) is 0 Å². The van der Waals surface area contributed by atoms with Crippen LogP contribution in [0, 0.1) is 0 Å². The smallest absolute Gasteiger partial charge is 0.268 e. The molecule has 0 aliphatic heterocycles. The first-order valence-corrected chi connectivity index (χ1v) is 8.21. The molecular formula is C16H17N3O2S. The summed E-state index contributed by atoms with van der Waals surface area (Å²) in [5.74, 6) is 1.08. The predicted octanol–water partition coefficient (Wildman–Crippen LogP) is 3.31. The monoisotopic (exact) mass is 315 g/mol. The molecule has 0 bridgehead atoms. The number of unbranched alkanes of at least 4 members (excludes halogenated alkanes) is 1. The largest absolute Gasteiger partial charge is 0.508 e. The molecule has 0 spiro atoms. The van der Waals surface area contributed by atoms with E-state index in [-0.39, 0.29) is 11.3 Å². The van der Waals surface area contributed by atoms with Crippen LogP contribution in [-0.2, 0) is 0 Å². The standard InChI is InChI=1S/C16H17N3O2S/c1-2-3-10-22-16-18-14-13(8-9-17-14)15(21)19(16)11-4-6-12(20)7-5-11/h4-9,17,20H,2-3,10H2,1H3. The molecule has 6 heteroatoms. The van der Waals surface area contributed by atoms with Gasteiger partial charge in [-0.1, -0.05) is 25.1 Å². The van der Waals surface area contributed by atoms with Gasteiger partial charge in [-0.2, -0.15) is 0 Å². The number of aromatic hydroxyl groups is 1.